The van der Waals surface area contributed by atoms with E-state index in [1.807, 2.05) is 42.7 Å². The molecular weight excluding hydrogens is 1100 g/mol. The van der Waals surface area contributed by atoms with Crippen molar-refractivity contribution in [3.8, 4) is 11.5 Å². The SMILES string of the molecule is CCC1=CC(C)(C)N2CCCc3c4c(cc1c32)C1(c2cc3c5c(c2O4)CCCN5C(C)(C)C=C3CS(=O)(=O)O)c2c(Cl)ccc(Cl)c2C(=O)N1CCN1CCN(C(=O)CCOCCOCCOCCOCCC(=O)OC(C)(C)C)CC1. The average molecular weight is 1180 g/mol. The van der Waals surface area contributed by atoms with Crippen LogP contribution in [0.5, 0.6) is 11.5 Å². The van der Waals surface area contributed by atoms with Gasteiger partial charge in [-0.1, -0.05) is 42.3 Å². The molecule has 81 heavy (non-hydrogen) atoms. The third-order valence-electron chi connectivity index (χ3n) is 16.8. The summed E-state index contributed by atoms with van der Waals surface area (Å²) < 4.78 is 71.7. The first-order valence-electron chi connectivity index (χ1n) is 28.8. The van der Waals surface area contributed by atoms with Crippen LogP contribution in [0.4, 0.5) is 11.4 Å². The largest absolute Gasteiger partial charge is 0.460 e. The number of benzene rings is 3. The quantitative estimate of drug-likeness (QED) is 0.0606. The van der Waals surface area contributed by atoms with Crippen LogP contribution in [-0.4, -0.2) is 173 Å². The topological polar surface area (TPSA) is 177 Å². The standard InChI is InChI=1S/C61H79Cl2N5O12S/c1-9-39-36-59(5,6)66-18-10-12-41-53(66)43(39)34-45-55(41)79-56-42-13-11-19-67-54(42)44(40(37-60(67,7)8)38-81(72,73)74)35-46(56)61(45)52-48(63)15-14-47(62)51(52)57(71)68(61)25-22-64-20-23-65(24-21-64)49(69)16-26-75-28-30-77-32-33-78-31-29-76-27-17-50(70)80-58(2,3)4/h14-15,34-37H,9-13,16-33,38H2,1-8H3,(H,72,73,74). The molecule has 0 aromatic heterocycles. The van der Waals surface area contributed by atoms with Gasteiger partial charge in [0.05, 0.1) is 98.7 Å². The summed E-state index contributed by atoms with van der Waals surface area (Å²) >= 11 is 14.8. The minimum atomic E-state index is -4.49. The third kappa shape index (κ3) is 11.6. The normalized spacial score (nSPS) is 20.5. The molecule has 1 spiro atoms. The lowest BCUT2D eigenvalue weighted by Crippen LogP contribution is -2.54. The van der Waals surface area contributed by atoms with Crippen LogP contribution in [-0.2, 0) is 61.8 Å². The summed E-state index contributed by atoms with van der Waals surface area (Å²) in [6.45, 7) is 23.6. The maximum atomic E-state index is 15.8. The molecule has 2 amide bonds. The zero-order valence-corrected chi connectivity index (χ0v) is 50.6. The summed E-state index contributed by atoms with van der Waals surface area (Å²) in [4.78, 5) is 52.0. The van der Waals surface area contributed by atoms with Crippen molar-refractivity contribution in [3.63, 3.8) is 0 Å². The Morgan fingerprint density at radius 2 is 1.21 bits per heavy atom. The highest BCUT2D eigenvalue weighted by Crippen LogP contribution is 2.65. The minimum absolute atomic E-state index is 0.00696. The van der Waals surface area contributed by atoms with Gasteiger partial charge in [-0.2, -0.15) is 8.42 Å². The van der Waals surface area contributed by atoms with E-state index < -0.39 is 32.5 Å². The summed E-state index contributed by atoms with van der Waals surface area (Å²) in [6, 6.07) is 7.70. The van der Waals surface area contributed by atoms with E-state index in [9.17, 15) is 22.6 Å². The molecule has 1 N–H and O–H groups in total. The number of ether oxygens (including phenoxy) is 6. The number of amides is 2. The van der Waals surface area contributed by atoms with E-state index in [1.165, 1.54) is 5.57 Å². The number of halogens is 2. The smallest absolute Gasteiger partial charge is 0.308 e. The molecule has 1 atom stereocenters. The van der Waals surface area contributed by atoms with Crippen molar-refractivity contribution in [2.24, 2.45) is 0 Å². The fourth-order valence-corrected chi connectivity index (χ4v) is 14.6. The molecule has 20 heteroatoms. The molecule has 10 rings (SSSR count). The molecule has 3 aromatic carbocycles. The average Bonchev–Trinajstić information content (AvgIpc) is 3.98. The molecule has 0 radical (unpaired) electrons. The molecular formula is C61H79Cl2N5O12S. The van der Waals surface area contributed by atoms with Gasteiger partial charge in [0.25, 0.3) is 16.0 Å². The summed E-state index contributed by atoms with van der Waals surface area (Å²) in [7, 11) is -4.49. The molecule has 1 unspecified atom stereocenters. The van der Waals surface area contributed by atoms with Gasteiger partial charge >= 0.3 is 5.97 Å². The van der Waals surface area contributed by atoms with Crippen molar-refractivity contribution < 1.29 is 55.8 Å². The lowest BCUT2D eigenvalue weighted by Gasteiger charge is -2.52. The van der Waals surface area contributed by atoms with Crippen LogP contribution in [0.25, 0.3) is 11.1 Å². The van der Waals surface area contributed by atoms with Crippen LogP contribution in [0.1, 0.15) is 137 Å². The van der Waals surface area contributed by atoms with Crippen molar-refractivity contribution >= 4 is 73.6 Å². The third-order valence-corrected chi connectivity index (χ3v) is 18.1. The Labute approximate surface area is 487 Å². The zero-order valence-electron chi connectivity index (χ0n) is 48.3. The monoisotopic (exact) mass is 1180 g/mol. The molecule has 440 valence electrons. The number of allylic oxidation sites excluding steroid dienone is 1. The predicted octanol–water partition coefficient (Wildman–Crippen LogP) is 9.33. The van der Waals surface area contributed by atoms with Gasteiger partial charge in [-0.3, -0.25) is 23.8 Å². The van der Waals surface area contributed by atoms with Crippen molar-refractivity contribution in [1.29, 1.82) is 0 Å². The van der Waals surface area contributed by atoms with E-state index in [-0.39, 0.29) is 60.9 Å². The van der Waals surface area contributed by atoms with E-state index in [4.69, 9.17) is 51.6 Å². The number of hydrogen-bond donors (Lipinski definition) is 1. The summed E-state index contributed by atoms with van der Waals surface area (Å²) in [5.41, 5.74) is 7.02. The number of fused-ring (bicyclic) bond motifs is 8. The zero-order chi connectivity index (χ0) is 57.8. The van der Waals surface area contributed by atoms with Crippen molar-refractivity contribution in [1.82, 2.24) is 14.7 Å². The van der Waals surface area contributed by atoms with Crippen molar-refractivity contribution in [2.45, 2.75) is 123 Å². The fourth-order valence-electron chi connectivity index (χ4n) is 13.4. The molecule has 0 aliphatic carbocycles. The van der Waals surface area contributed by atoms with Crippen LogP contribution < -0.4 is 14.5 Å². The van der Waals surface area contributed by atoms with Crippen molar-refractivity contribution in [2.75, 3.05) is 121 Å². The number of piperazine rings is 1. The Balaban J connectivity index is 0.882. The highest BCUT2D eigenvalue weighted by molar-refractivity contribution is 7.86. The molecule has 7 aliphatic heterocycles. The number of carbonyl (C=O) groups excluding carboxylic acids is 3. The first kappa shape index (κ1) is 59.4. The molecule has 3 aromatic rings. The van der Waals surface area contributed by atoms with Gasteiger partial charge in [0.2, 0.25) is 5.91 Å². The van der Waals surface area contributed by atoms with Gasteiger partial charge in [0.15, 0.2) is 0 Å². The second kappa shape index (κ2) is 23.4. The van der Waals surface area contributed by atoms with Crippen LogP contribution >= 0.6 is 23.2 Å². The summed E-state index contributed by atoms with van der Waals surface area (Å²) in [5, 5.41) is 0.646. The highest BCUT2D eigenvalue weighted by Gasteiger charge is 2.60. The summed E-state index contributed by atoms with van der Waals surface area (Å²) in [6.07, 6.45) is 8.61. The van der Waals surface area contributed by atoms with Gasteiger partial charge in [0.1, 0.15) is 28.4 Å². The van der Waals surface area contributed by atoms with Gasteiger partial charge in [-0.15, -0.1) is 0 Å². The molecule has 0 bridgehead atoms. The van der Waals surface area contributed by atoms with Crippen LogP contribution in [0.2, 0.25) is 10.0 Å². The fraction of sp³-hybridized carbons (Fsp3) is 0.590. The van der Waals surface area contributed by atoms with E-state index in [1.54, 1.807) is 12.1 Å². The van der Waals surface area contributed by atoms with Gasteiger partial charge in [-0.05, 0) is 116 Å². The van der Waals surface area contributed by atoms with Crippen LogP contribution in [0.3, 0.4) is 0 Å². The Bertz CT molecular complexity index is 3150. The maximum Gasteiger partial charge on any atom is 0.308 e. The lowest BCUT2D eigenvalue weighted by atomic mass is 9.69. The van der Waals surface area contributed by atoms with Crippen LogP contribution in [0, 0.1) is 0 Å². The van der Waals surface area contributed by atoms with E-state index in [0.717, 1.165) is 72.4 Å². The molecule has 7 aliphatic rings. The van der Waals surface area contributed by atoms with E-state index in [0.29, 0.717) is 123 Å². The lowest BCUT2D eigenvalue weighted by molar-refractivity contribution is -0.156. The second-order valence-electron chi connectivity index (χ2n) is 24.3. The summed E-state index contributed by atoms with van der Waals surface area (Å²) in [5.74, 6) is 0.187. The number of rotatable bonds is 21. The molecule has 17 nitrogen and oxygen atoms in total. The highest BCUT2D eigenvalue weighted by atomic mass is 35.5. The first-order chi connectivity index (χ1) is 38.4. The Kier molecular flexibility index (Phi) is 17.1. The van der Waals surface area contributed by atoms with Crippen molar-refractivity contribution in [3.05, 3.63) is 91.0 Å². The van der Waals surface area contributed by atoms with Gasteiger partial charge in [-0.25, -0.2) is 0 Å². The number of carbonyl (C=O) groups is 3. The second-order valence-corrected chi connectivity index (χ2v) is 26.6. The maximum absolute atomic E-state index is 15.8. The number of nitrogens with zero attached hydrogens (tertiary/aromatic N) is 5. The van der Waals surface area contributed by atoms with Crippen LogP contribution in [0.15, 0.2) is 36.4 Å². The molecule has 7 heterocycles. The molecule has 1 fully saturated rings. The number of anilines is 2. The van der Waals surface area contributed by atoms with Gasteiger partial charge < -0.3 is 48.0 Å². The number of hydrogen-bond acceptors (Lipinski definition) is 14. The molecule has 1 saturated heterocycles. The molecule has 0 saturated carbocycles. The Morgan fingerprint density at radius 1 is 0.704 bits per heavy atom. The number of esters is 1. The minimum Gasteiger partial charge on any atom is -0.460 e. The predicted molar refractivity (Wildman–Crippen MR) is 314 cm³/mol. The Morgan fingerprint density at radius 3 is 1.74 bits per heavy atom. The van der Waals surface area contributed by atoms with E-state index >= 15 is 4.79 Å². The first-order valence-corrected chi connectivity index (χ1v) is 31.2. The van der Waals surface area contributed by atoms with Gasteiger partial charge in [0, 0.05) is 96.3 Å². The van der Waals surface area contributed by atoms with E-state index in [2.05, 4.69) is 61.5 Å². The Hall–Kier alpha value is -4.76.